The lowest BCUT2D eigenvalue weighted by Crippen LogP contribution is -2.68. The summed E-state index contributed by atoms with van der Waals surface area (Å²) in [7, 11) is -2.61. The maximum atomic E-state index is 13.4. The lowest BCUT2D eigenvalue weighted by molar-refractivity contribution is 0.0475. The molecule has 0 N–H and O–H groups in total. The minimum atomic E-state index is -2.61. The van der Waals surface area contributed by atoms with E-state index in [1.807, 2.05) is 12.3 Å². The SMILES string of the molecule is CC(C)(C)[Si](OC1CC(Cn2cccc(CCN3C(=O)c4ccccc4C3=O)c2=O)C1)(c1ccccc1)c1ccccc1. The van der Waals surface area contributed by atoms with Crippen LogP contribution in [0.15, 0.2) is 108 Å². The molecule has 0 saturated heterocycles. The third-order valence-corrected chi connectivity index (χ3v) is 14.1. The molecule has 6 rings (SSSR count). The fraction of sp³-hybridized carbons (Fsp3) is 0.306. The second-order valence-electron chi connectivity index (χ2n) is 12.8. The van der Waals surface area contributed by atoms with Gasteiger partial charge in [-0.1, -0.05) is 99.6 Å². The van der Waals surface area contributed by atoms with Crippen LogP contribution < -0.4 is 15.9 Å². The number of carbonyl (C=O) groups excluding carboxylic acids is 2. The maximum Gasteiger partial charge on any atom is 0.261 e. The highest BCUT2D eigenvalue weighted by molar-refractivity contribution is 6.99. The van der Waals surface area contributed by atoms with E-state index in [-0.39, 0.29) is 35.1 Å². The van der Waals surface area contributed by atoms with Gasteiger partial charge in [0.25, 0.3) is 25.7 Å². The molecule has 0 radical (unpaired) electrons. The first-order valence-corrected chi connectivity index (χ1v) is 17.0. The highest BCUT2D eigenvalue weighted by Crippen LogP contribution is 2.41. The van der Waals surface area contributed by atoms with E-state index < -0.39 is 8.32 Å². The van der Waals surface area contributed by atoms with Gasteiger partial charge in [-0.05, 0) is 58.8 Å². The van der Waals surface area contributed by atoms with Crippen molar-refractivity contribution in [3.63, 3.8) is 0 Å². The monoisotopic (exact) mass is 590 g/mol. The van der Waals surface area contributed by atoms with Gasteiger partial charge in [0.2, 0.25) is 0 Å². The van der Waals surface area contributed by atoms with Gasteiger partial charge >= 0.3 is 0 Å². The van der Waals surface area contributed by atoms with Crippen molar-refractivity contribution < 1.29 is 14.0 Å². The molecule has 3 aromatic carbocycles. The van der Waals surface area contributed by atoms with Gasteiger partial charge in [-0.15, -0.1) is 0 Å². The smallest absolute Gasteiger partial charge is 0.261 e. The van der Waals surface area contributed by atoms with E-state index in [0.29, 0.717) is 35.6 Å². The van der Waals surface area contributed by atoms with Crippen molar-refractivity contribution in [1.82, 2.24) is 9.47 Å². The quantitative estimate of drug-likeness (QED) is 0.202. The van der Waals surface area contributed by atoms with E-state index in [4.69, 9.17) is 4.43 Å². The zero-order valence-electron chi connectivity index (χ0n) is 25.0. The summed E-state index contributed by atoms with van der Waals surface area (Å²) in [4.78, 5) is 40.2. The van der Waals surface area contributed by atoms with Crippen LogP contribution in [-0.2, 0) is 17.4 Å². The van der Waals surface area contributed by atoms with Crippen molar-refractivity contribution >= 4 is 30.5 Å². The van der Waals surface area contributed by atoms with Crippen molar-refractivity contribution in [2.24, 2.45) is 5.92 Å². The Morgan fingerprint density at radius 3 is 1.81 bits per heavy atom. The van der Waals surface area contributed by atoms with Gasteiger partial charge in [0.15, 0.2) is 0 Å². The molecule has 0 atom stereocenters. The largest absolute Gasteiger partial charge is 0.404 e. The summed E-state index contributed by atoms with van der Waals surface area (Å²) in [5, 5.41) is 2.48. The highest BCUT2D eigenvalue weighted by Gasteiger charge is 2.52. The molecular formula is C36H38N2O4Si. The van der Waals surface area contributed by atoms with Gasteiger partial charge in [-0.3, -0.25) is 19.3 Å². The van der Waals surface area contributed by atoms with Crippen molar-refractivity contribution in [3.05, 3.63) is 130 Å². The number of hydrogen-bond acceptors (Lipinski definition) is 4. The van der Waals surface area contributed by atoms with Gasteiger partial charge < -0.3 is 8.99 Å². The van der Waals surface area contributed by atoms with Crippen LogP contribution in [0, 0.1) is 5.92 Å². The fourth-order valence-electron chi connectivity index (χ4n) is 6.73. The molecule has 1 aliphatic heterocycles. The van der Waals surface area contributed by atoms with Crippen LogP contribution in [-0.4, -0.2) is 42.2 Å². The molecule has 1 aromatic heterocycles. The summed E-state index contributed by atoms with van der Waals surface area (Å²) in [5.41, 5.74) is 1.41. The summed E-state index contributed by atoms with van der Waals surface area (Å²) >= 11 is 0. The number of nitrogens with zero attached hydrogens (tertiary/aromatic N) is 2. The molecule has 6 nitrogen and oxygen atoms in total. The topological polar surface area (TPSA) is 68.6 Å². The molecule has 2 heterocycles. The van der Waals surface area contributed by atoms with Crippen molar-refractivity contribution in [1.29, 1.82) is 0 Å². The number of fused-ring (bicyclic) bond motifs is 1. The number of benzene rings is 3. The van der Waals surface area contributed by atoms with E-state index in [2.05, 4.69) is 81.4 Å². The summed E-state index contributed by atoms with van der Waals surface area (Å²) in [6.07, 6.45) is 4.09. The van der Waals surface area contributed by atoms with Crippen molar-refractivity contribution in [2.75, 3.05) is 6.54 Å². The van der Waals surface area contributed by atoms with E-state index in [9.17, 15) is 14.4 Å². The standard InChI is InChI=1S/C36H38N2O4Si/c1-36(2,3)43(29-14-6-4-7-15-29,30-16-8-5-9-17-30)42-28-23-26(24-28)25-37-21-12-13-27(33(37)39)20-22-38-34(40)31-18-10-11-19-32(31)35(38)41/h4-19,21,26,28H,20,22-25H2,1-3H3. The first kappa shape index (κ1) is 29.0. The van der Waals surface area contributed by atoms with E-state index in [0.717, 1.165) is 12.8 Å². The molecule has 220 valence electrons. The van der Waals surface area contributed by atoms with Gasteiger partial charge in [0, 0.05) is 31.0 Å². The Bertz CT molecular complexity index is 1610. The molecule has 4 aromatic rings. The molecule has 2 amide bonds. The molecule has 1 saturated carbocycles. The Hall–Kier alpha value is -4.07. The summed E-state index contributed by atoms with van der Waals surface area (Å²) in [6, 6.07) is 31.9. The lowest BCUT2D eigenvalue weighted by Gasteiger charge is -2.48. The number of amides is 2. The highest BCUT2D eigenvalue weighted by atomic mass is 28.4. The zero-order valence-corrected chi connectivity index (χ0v) is 26.0. The first-order chi connectivity index (χ1) is 20.7. The Balaban J connectivity index is 1.14. The van der Waals surface area contributed by atoms with Crippen LogP contribution in [0.25, 0.3) is 0 Å². The van der Waals surface area contributed by atoms with Crippen LogP contribution in [0.2, 0.25) is 5.04 Å². The molecule has 0 spiro atoms. The van der Waals surface area contributed by atoms with Crippen LogP contribution in [0.1, 0.15) is 59.9 Å². The number of rotatable bonds is 9. The summed E-state index contributed by atoms with van der Waals surface area (Å²) < 4.78 is 9.04. The fourth-order valence-corrected chi connectivity index (χ4v) is 11.4. The summed E-state index contributed by atoms with van der Waals surface area (Å²) in [5.74, 6) is -0.246. The van der Waals surface area contributed by atoms with Gasteiger partial charge in [0.1, 0.15) is 0 Å². The van der Waals surface area contributed by atoms with Gasteiger partial charge in [0.05, 0.1) is 11.1 Å². The number of imide groups is 1. The van der Waals surface area contributed by atoms with Crippen molar-refractivity contribution in [3.8, 4) is 0 Å². The van der Waals surface area contributed by atoms with E-state index in [1.165, 1.54) is 15.3 Å². The molecule has 1 fully saturated rings. The first-order valence-electron chi connectivity index (χ1n) is 15.1. The van der Waals surface area contributed by atoms with Crippen LogP contribution in [0.4, 0.5) is 0 Å². The van der Waals surface area contributed by atoms with Crippen LogP contribution >= 0.6 is 0 Å². The Morgan fingerprint density at radius 2 is 1.28 bits per heavy atom. The normalized spacial score (nSPS) is 18.4. The Kier molecular flexibility index (Phi) is 7.79. The van der Waals surface area contributed by atoms with Gasteiger partial charge in [-0.2, -0.15) is 0 Å². The Labute approximate surface area is 254 Å². The minimum Gasteiger partial charge on any atom is -0.404 e. The molecule has 0 bridgehead atoms. The third kappa shape index (κ3) is 5.32. The van der Waals surface area contributed by atoms with Crippen LogP contribution in [0.5, 0.6) is 0 Å². The number of aromatic nitrogens is 1. The minimum absolute atomic E-state index is 0.0598. The van der Waals surface area contributed by atoms with Crippen molar-refractivity contribution in [2.45, 2.75) is 57.7 Å². The zero-order chi connectivity index (χ0) is 30.2. The molecule has 2 aliphatic rings. The molecule has 43 heavy (non-hydrogen) atoms. The number of pyridine rings is 1. The average Bonchev–Trinajstić information content (AvgIpc) is 3.23. The molecule has 7 heteroatoms. The van der Waals surface area contributed by atoms with Gasteiger partial charge in [-0.25, -0.2) is 0 Å². The summed E-state index contributed by atoms with van der Waals surface area (Å²) in [6.45, 7) is 7.69. The lowest BCUT2D eigenvalue weighted by atomic mass is 9.82. The second kappa shape index (κ2) is 11.5. The predicted octanol–water partition coefficient (Wildman–Crippen LogP) is 5.04. The van der Waals surface area contributed by atoms with Crippen LogP contribution in [0.3, 0.4) is 0 Å². The Morgan fingerprint density at radius 1 is 0.744 bits per heavy atom. The van der Waals surface area contributed by atoms with E-state index in [1.54, 1.807) is 34.9 Å². The maximum absolute atomic E-state index is 13.4. The molecule has 0 unspecified atom stereocenters. The molecule has 1 aliphatic carbocycles. The average molecular weight is 591 g/mol. The number of carbonyl (C=O) groups is 2. The second-order valence-corrected chi connectivity index (χ2v) is 17.0. The predicted molar refractivity (Wildman–Crippen MR) is 171 cm³/mol. The van der Waals surface area contributed by atoms with E-state index >= 15 is 0 Å². The molecular weight excluding hydrogens is 552 g/mol. The number of hydrogen-bond donors (Lipinski definition) is 0. The third-order valence-electron chi connectivity index (χ3n) is 8.99.